The van der Waals surface area contributed by atoms with Crippen molar-refractivity contribution in [2.45, 2.75) is 20.3 Å². The number of ether oxygens (including phenoxy) is 1. The first-order valence-electron chi connectivity index (χ1n) is 6.40. The summed E-state index contributed by atoms with van der Waals surface area (Å²) in [6, 6.07) is 4.02. The van der Waals surface area contributed by atoms with Crippen LogP contribution >= 0.6 is 11.6 Å². The molecule has 20 heavy (non-hydrogen) atoms. The third-order valence-electron chi connectivity index (χ3n) is 2.58. The molecular formula is C14H17ClFNO3. The van der Waals surface area contributed by atoms with Gasteiger partial charge in [0.05, 0.1) is 17.2 Å². The summed E-state index contributed by atoms with van der Waals surface area (Å²) in [6.07, 6.45) is 0.636. The quantitative estimate of drug-likeness (QED) is 0.759. The molecule has 0 atom stereocenters. The van der Waals surface area contributed by atoms with Crippen molar-refractivity contribution >= 4 is 23.5 Å². The van der Waals surface area contributed by atoms with E-state index in [1.54, 1.807) is 6.92 Å². The number of esters is 1. The second-order valence-corrected chi connectivity index (χ2v) is 4.54. The summed E-state index contributed by atoms with van der Waals surface area (Å²) in [7, 11) is 0. The van der Waals surface area contributed by atoms with E-state index in [2.05, 4.69) is 0 Å². The van der Waals surface area contributed by atoms with Gasteiger partial charge in [-0.2, -0.15) is 0 Å². The molecule has 0 unspecified atom stereocenters. The van der Waals surface area contributed by atoms with Crippen molar-refractivity contribution in [1.29, 1.82) is 0 Å². The van der Waals surface area contributed by atoms with Crippen molar-refractivity contribution < 1.29 is 18.7 Å². The Balaban J connectivity index is 2.96. The molecule has 1 rings (SSSR count). The maximum atomic E-state index is 13.7. The first-order valence-corrected chi connectivity index (χ1v) is 6.77. The molecule has 0 saturated carbocycles. The predicted molar refractivity (Wildman–Crippen MR) is 74.2 cm³/mol. The van der Waals surface area contributed by atoms with Crippen LogP contribution in [0.4, 0.5) is 4.39 Å². The lowest BCUT2D eigenvalue weighted by Gasteiger charge is -2.21. The number of rotatable bonds is 6. The van der Waals surface area contributed by atoms with Crippen LogP contribution in [0.25, 0.3) is 0 Å². The molecule has 0 heterocycles. The lowest BCUT2D eigenvalue weighted by molar-refractivity contribution is -0.143. The third-order valence-corrected chi connectivity index (χ3v) is 2.90. The van der Waals surface area contributed by atoms with Gasteiger partial charge in [-0.3, -0.25) is 9.59 Å². The summed E-state index contributed by atoms with van der Waals surface area (Å²) in [6.45, 7) is 3.87. The van der Waals surface area contributed by atoms with Gasteiger partial charge in [-0.25, -0.2) is 4.39 Å². The van der Waals surface area contributed by atoms with E-state index < -0.39 is 17.7 Å². The molecular weight excluding hydrogens is 285 g/mol. The van der Waals surface area contributed by atoms with Gasteiger partial charge in [0, 0.05) is 6.54 Å². The molecule has 1 aromatic rings. The molecule has 0 aromatic heterocycles. The van der Waals surface area contributed by atoms with Crippen molar-refractivity contribution in [2.24, 2.45) is 0 Å². The Labute approximate surface area is 122 Å². The molecule has 110 valence electrons. The van der Waals surface area contributed by atoms with Crippen molar-refractivity contribution in [3.05, 3.63) is 34.6 Å². The number of amides is 1. The smallest absolute Gasteiger partial charge is 0.325 e. The Morgan fingerprint density at radius 3 is 2.60 bits per heavy atom. The molecule has 0 N–H and O–H groups in total. The van der Waals surface area contributed by atoms with Crippen LogP contribution in [0.3, 0.4) is 0 Å². The van der Waals surface area contributed by atoms with E-state index in [9.17, 15) is 14.0 Å². The molecule has 6 heteroatoms. The third kappa shape index (κ3) is 4.20. The Bertz CT molecular complexity index is 473. The van der Waals surface area contributed by atoms with Gasteiger partial charge in [0.1, 0.15) is 12.4 Å². The highest BCUT2D eigenvalue weighted by Gasteiger charge is 2.23. The first-order chi connectivity index (χ1) is 9.51. The first kappa shape index (κ1) is 16.4. The van der Waals surface area contributed by atoms with Gasteiger partial charge in [-0.05, 0) is 25.5 Å². The normalized spacial score (nSPS) is 10.2. The number of nitrogens with zero attached hydrogens (tertiary/aromatic N) is 1. The average molecular weight is 302 g/mol. The van der Waals surface area contributed by atoms with Gasteiger partial charge in [0.25, 0.3) is 5.91 Å². The zero-order valence-electron chi connectivity index (χ0n) is 11.5. The van der Waals surface area contributed by atoms with Crippen LogP contribution in [-0.2, 0) is 9.53 Å². The van der Waals surface area contributed by atoms with Gasteiger partial charge in [0.2, 0.25) is 0 Å². The summed E-state index contributed by atoms with van der Waals surface area (Å²) in [5.74, 6) is -1.84. The van der Waals surface area contributed by atoms with E-state index >= 15 is 0 Å². The van der Waals surface area contributed by atoms with E-state index in [4.69, 9.17) is 16.3 Å². The number of halogens is 2. The fourth-order valence-electron chi connectivity index (χ4n) is 1.75. The lowest BCUT2D eigenvalue weighted by atomic mass is 10.1. The van der Waals surface area contributed by atoms with Gasteiger partial charge in [0.15, 0.2) is 0 Å². The fourth-order valence-corrected chi connectivity index (χ4v) is 1.99. The highest BCUT2D eigenvalue weighted by molar-refractivity contribution is 6.33. The van der Waals surface area contributed by atoms with Crippen LogP contribution in [0.15, 0.2) is 18.2 Å². The van der Waals surface area contributed by atoms with E-state index in [0.29, 0.717) is 13.0 Å². The number of hydrogen-bond acceptors (Lipinski definition) is 3. The zero-order chi connectivity index (χ0) is 15.1. The molecule has 0 aliphatic carbocycles. The molecule has 1 aromatic carbocycles. The van der Waals surface area contributed by atoms with Gasteiger partial charge in [-0.1, -0.05) is 24.6 Å². The summed E-state index contributed by atoms with van der Waals surface area (Å²) >= 11 is 5.86. The van der Waals surface area contributed by atoms with Crippen LogP contribution in [0.1, 0.15) is 30.6 Å². The van der Waals surface area contributed by atoms with Crippen molar-refractivity contribution in [2.75, 3.05) is 19.7 Å². The van der Waals surface area contributed by atoms with Crippen LogP contribution in [-0.4, -0.2) is 36.5 Å². The van der Waals surface area contributed by atoms with E-state index in [1.165, 1.54) is 17.0 Å². The number of carbonyl (C=O) groups is 2. The topological polar surface area (TPSA) is 46.6 Å². The SMILES string of the molecule is CCCN(CC(=O)OCC)C(=O)c1c(F)cccc1Cl. The summed E-state index contributed by atoms with van der Waals surface area (Å²) in [5, 5.41) is 0.0277. The van der Waals surface area contributed by atoms with Gasteiger partial charge < -0.3 is 9.64 Å². The molecule has 0 aliphatic heterocycles. The van der Waals surface area contributed by atoms with E-state index in [0.717, 1.165) is 6.07 Å². The molecule has 4 nitrogen and oxygen atoms in total. The van der Waals surface area contributed by atoms with Crippen LogP contribution < -0.4 is 0 Å². The van der Waals surface area contributed by atoms with Crippen molar-refractivity contribution in [3.8, 4) is 0 Å². The monoisotopic (exact) mass is 301 g/mol. The highest BCUT2D eigenvalue weighted by atomic mass is 35.5. The zero-order valence-corrected chi connectivity index (χ0v) is 12.2. The number of benzene rings is 1. The standard InChI is InChI=1S/C14H17ClFNO3/c1-3-8-17(9-12(18)20-4-2)14(19)13-10(15)6-5-7-11(13)16/h5-7H,3-4,8-9H2,1-2H3. The largest absolute Gasteiger partial charge is 0.465 e. The lowest BCUT2D eigenvalue weighted by Crippen LogP contribution is -2.37. The molecule has 1 amide bonds. The average Bonchev–Trinajstić information content (AvgIpc) is 2.38. The molecule has 0 spiro atoms. The number of carbonyl (C=O) groups excluding carboxylic acids is 2. The fraction of sp³-hybridized carbons (Fsp3) is 0.429. The minimum Gasteiger partial charge on any atom is -0.465 e. The Kier molecular flexibility index (Phi) is 6.45. The van der Waals surface area contributed by atoms with Crippen molar-refractivity contribution in [3.63, 3.8) is 0 Å². The molecule has 0 saturated heterocycles. The molecule has 0 radical (unpaired) electrons. The van der Waals surface area contributed by atoms with E-state index in [-0.39, 0.29) is 23.7 Å². The Hall–Kier alpha value is -1.62. The Morgan fingerprint density at radius 2 is 2.05 bits per heavy atom. The summed E-state index contributed by atoms with van der Waals surface area (Å²) in [4.78, 5) is 25.0. The van der Waals surface area contributed by atoms with E-state index in [1.807, 2.05) is 6.92 Å². The minimum absolute atomic E-state index is 0.0277. The van der Waals surface area contributed by atoms with Crippen molar-refractivity contribution in [1.82, 2.24) is 4.90 Å². The minimum atomic E-state index is -0.701. The van der Waals surface area contributed by atoms with Crippen LogP contribution in [0, 0.1) is 5.82 Å². The summed E-state index contributed by atoms with van der Waals surface area (Å²) in [5.41, 5.74) is -0.216. The second kappa shape index (κ2) is 7.85. The van der Waals surface area contributed by atoms with Gasteiger partial charge >= 0.3 is 5.97 Å². The maximum Gasteiger partial charge on any atom is 0.325 e. The second-order valence-electron chi connectivity index (χ2n) is 4.13. The summed E-state index contributed by atoms with van der Waals surface area (Å²) < 4.78 is 18.5. The predicted octanol–water partition coefficient (Wildman–Crippen LogP) is 2.89. The molecule has 0 aliphatic rings. The van der Waals surface area contributed by atoms with Crippen LogP contribution in [0.5, 0.6) is 0 Å². The molecule has 0 fully saturated rings. The van der Waals surface area contributed by atoms with Crippen LogP contribution in [0.2, 0.25) is 5.02 Å². The molecule has 0 bridgehead atoms. The number of hydrogen-bond donors (Lipinski definition) is 0. The highest BCUT2D eigenvalue weighted by Crippen LogP contribution is 2.21. The van der Waals surface area contributed by atoms with Gasteiger partial charge in [-0.15, -0.1) is 0 Å². The maximum absolute atomic E-state index is 13.7. The Morgan fingerprint density at radius 1 is 1.35 bits per heavy atom.